The molecule has 5 nitrogen and oxygen atoms in total. The van der Waals surface area contributed by atoms with E-state index >= 15 is 0 Å². The molecular weight excluding hydrogens is 372 g/mol. The summed E-state index contributed by atoms with van der Waals surface area (Å²) in [5.41, 5.74) is 5.16. The average Bonchev–Trinajstić information content (AvgIpc) is 2.62. The normalized spacial score (nSPS) is 13.3. The Labute approximate surface area is 172 Å². The van der Waals surface area contributed by atoms with Gasteiger partial charge < -0.3 is 18.6 Å². The highest BCUT2D eigenvalue weighted by molar-refractivity contribution is 6.74. The summed E-state index contributed by atoms with van der Waals surface area (Å²) in [6, 6.07) is 0. The van der Waals surface area contributed by atoms with Crippen LogP contribution in [0.4, 0.5) is 0 Å². The zero-order chi connectivity index (χ0) is 21.8. The maximum absolute atomic E-state index is 11.5. The topological polar surface area (TPSA) is 54.0 Å². The number of carbonyl (C=O) groups is 1. The molecule has 0 saturated carbocycles. The highest BCUT2D eigenvalue weighted by Crippen LogP contribution is 2.36. The SMILES string of the molecule is CCCC[C@@H](OCOC)C(C)=C=C(/C=C/C(=O)OC)CO[Si](C)(C)C(C)(C)C. The van der Waals surface area contributed by atoms with Gasteiger partial charge in [-0.3, -0.25) is 0 Å². The van der Waals surface area contributed by atoms with Crippen molar-refractivity contribution in [3.05, 3.63) is 29.0 Å². The Morgan fingerprint density at radius 1 is 1.18 bits per heavy atom. The van der Waals surface area contributed by atoms with E-state index in [1.165, 1.54) is 13.2 Å². The molecule has 0 aliphatic rings. The molecule has 0 saturated heterocycles. The number of methoxy groups -OCH3 is 2. The molecule has 0 amide bonds. The second-order valence-corrected chi connectivity index (χ2v) is 13.3. The van der Waals surface area contributed by atoms with Crippen molar-refractivity contribution in [2.75, 3.05) is 27.6 Å². The van der Waals surface area contributed by atoms with Crippen molar-refractivity contribution >= 4 is 14.3 Å². The number of ether oxygens (including phenoxy) is 3. The fourth-order valence-electron chi connectivity index (χ4n) is 2.14. The molecule has 0 aromatic carbocycles. The number of unbranched alkanes of at least 4 members (excludes halogenated alkanes) is 1. The molecule has 0 spiro atoms. The van der Waals surface area contributed by atoms with Gasteiger partial charge in [0.05, 0.1) is 19.8 Å². The second-order valence-electron chi connectivity index (χ2n) is 8.44. The molecule has 162 valence electrons. The summed E-state index contributed by atoms with van der Waals surface area (Å²) in [4.78, 5) is 11.5. The molecule has 0 aromatic heterocycles. The third-order valence-corrected chi connectivity index (χ3v) is 9.54. The van der Waals surface area contributed by atoms with E-state index in [0.29, 0.717) is 6.61 Å². The summed E-state index contributed by atoms with van der Waals surface area (Å²) in [5, 5.41) is 0.105. The van der Waals surface area contributed by atoms with Crippen molar-refractivity contribution in [2.45, 2.75) is 78.1 Å². The van der Waals surface area contributed by atoms with Crippen LogP contribution >= 0.6 is 0 Å². The third kappa shape index (κ3) is 10.4. The molecule has 0 fully saturated rings. The highest BCUT2D eigenvalue weighted by Gasteiger charge is 2.37. The smallest absolute Gasteiger partial charge is 0.330 e. The first-order chi connectivity index (χ1) is 13.0. The molecule has 0 bridgehead atoms. The summed E-state index contributed by atoms with van der Waals surface area (Å²) in [6.07, 6.45) is 6.09. The predicted octanol–water partition coefficient (Wildman–Crippen LogP) is 5.39. The zero-order valence-electron chi connectivity index (χ0n) is 19.3. The minimum absolute atomic E-state index is 0.0747. The van der Waals surface area contributed by atoms with Gasteiger partial charge in [-0.05, 0) is 43.1 Å². The Hall–Kier alpha value is -1.17. The largest absolute Gasteiger partial charge is 0.466 e. The first kappa shape index (κ1) is 26.8. The van der Waals surface area contributed by atoms with Gasteiger partial charge in [0.15, 0.2) is 8.32 Å². The van der Waals surface area contributed by atoms with Crippen LogP contribution in [0, 0.1) is 0 Å². The number of rotatable bonds is 12. The Morgan fingerprint density at radius 3 is 2.32 bits per heavy atom. The summed E-state index contributed by atoms with van der Waals surface area (Å²) in [7, 11) is 1.05. The monoisotopic (exact) mass is 412 g/mol. The van der Waals surface area contributed by atoms with Gasteiger partial charge in [0.1, 0.15) is 6.79 Å². The standard InChI is InChI=1S/C22H40O5Si/c1-10-11-12-20(26-17-24-6)18(2)15-19(13-14-21(23)25-7)16-27-28(8,9)22(3,4)5/h13-14,20H,10-12,16-17H2,1-9H3/b14-13+/t15?,20-/m1/s1. The minimum atomic E-state index is -1.92. The van der Waals surface area contributed by atoms with Crippen LogP contribution in [0.15, 0.2) is 29.0 Å². The molecule has 0 heterocycles. The second kappa shape index (κ2) is 13.1. The van der Waals surface area contributed by atoms with Gasteiger partial charge in [0.2, 0.25) is 0 Å². The van der Waals surface area contributed by atoms with Crippen LogP contribution in [-0.2, 0) is 23.4 Å². The van der Waals surface area contributed by atoms with E-state index in [-0.39, 0.29) is 17.9 Å². The van der Waals surface area contributed by atoms with Gasteiger partial charge in [-0.25, -0.2) is 4.79 Å². The minimum Gasteiger partial charge on any atom is -0.466 e. The maximum Gasteiger partial charge on any atom is 0.330 e. The molecule has 6 heteroatoms. The summed E-state index contributed by atoms with van der Waals surface area (Å²) < 4.78 is 21.9. The Morgan fingerprint density at radius 2 is 1.82 bits per heavy atom. The van der Waals surface area contributed by atoms with Gasteiger partial charge in [-0.1, -0.05) is 40.5 Å². The van der Waals surface area contributed by atoms with Crippen molar-refractivity contribution in [1.29, 1.82) is 0 Å². The van der Waals surface area contributed by atoms with E-state index in [1.54, 1.807) is 13.2 Å². The molecule has 0 rings (SSSR count). The van der Waals surface area contributed by atoms with Crippen molar-refractivity contribution in [1.82, 2.24) is 0 Å². The fraction of sp³-hybridized carbons (Fsp3) is 0.727. The lowest BCUT2D eigenvalue weighted by molar-refractivity contribution is -0.134. The van der Waals surface area contributed by atoms with Gasteiger partial charge >= 0.3 is 5.97 Å². The zero-order valence-corrected chi connectivity index (χ0v) is 20.3. The molecule has 0 aliphatic heterocycles. The summed E-state index contributed by atoms with van der Waals surface area (Å²) in [5.74, 6) is -0.401. The van der Waals surface area contributed by atoms with Crippen LogP contribution in [-0.4, -0.2) is 48.0 Å². The van der Waals surface area contributed by atoms with Crippen LogP contribution in [0.1, 0.15) is 53.9 Å². The summed E-state index contributed by atoms with van der Waals surface area (Å²) >= 11 is 0. The van der Waals surface area contributed by atoms with Gasteiger partial charge in [0.25, 0.3) is 0 Å². The first-order valence-corrected chi connectivity index (χ1v) is 12.9. The van der Waals surface area contributed by atoms with Crippen LogP contribution in [0.25, 0.3) is 0 Å². The van der Waals surface area contributed by atoms with Crippen molar-refractivity contribution in [3.63, 3.8) is 0 Å². The number of carbonyl (C=O) groups excluding carboxylic acids is 1. The van der Waals surface area contributed by atoms with E-state index in [2.05, 4.69) is 46.5 Å². The van der Waals surface area contributed by atoms with Crippen molar-refractivity contribution < 1.29 is 23.4 Å². The lowest BCUT2D eigenvalue weighted by Gasteiger charge is -2.36. The molecule has 0 radical (unpaired) electrons. The molecule has 0 unspecified atom stereocenters. The number of hydrogen-bond donors (Lipinski definition) is 0. The van der Waals surface area contributed by atoms with Crippen LogP contribution in [0.3, 0.4) is 0 Å². The average molecular weight is 413 g/mol. The Kier molecular flexibility index (Phi) is 12.6. The van der Waals surface area contributed by atoms with E-state index in [4.69, 9.17) is 18.6 Å². The maximum atomic E-state index is 11.5. The summed E-state index contributed by atoms with van der Waals surface area (Å²) in [6.45, 7) is 15.8. The first-order valence-electron chi connectivity index (χ1n) is 9.95. The van der Waals surface area contributed by atoms with Crippen LogP contribution in [0.2, 0.25) is 18.1 Å². The van der Waals surface area contributed by atoms with E-state index in [9.17, 15) is 4.79 Å². The lowest BCUT2D eigenvalue weighted by Crippen LogP contribution is -2.41. The van der Waals surface area contributed by atoms with Gasteiger partial charge in [-0.15, -0.1) is 5.73 Å². The molecule has 0 aliphatic carbocycles. The van der Waals surface area contributed by atoms with E-state index < -0.39 is 14.3 Å². The van der Waals surface area contributed by atoms with E-state index in [1.807, 2.05) is 6.92 Å². The number of hydrogen-bond acceptors (Lipinski definition) is 5. The molecule has 0 aromatic rings. The quantitative estimate of drug-likeness (QED) is 0.107. The van der Waals surface area contributed by atoms with Crippen LogP contribution < -0.4 is 0 Å². The number of esters is 1. The van der Waals surface area contributed by atoms with E-state index in [0.717, 1.165) is 30.4 Å². The predicted molar refractivity (Wildman–Crippen MR) is 117 cm³/mol. The van der Waals surface area contributed by atoms with Crippen molar-refractivity contribution in [3.8, 4) is 0 Å². The van der Waals surface area contributed by atoms with Crippen LogP contribution in [0.5, 0.6) is 0 Å². The molecule has 1 atom stereocenters. The molecule has 28 heavy (non-hydrogen) atoms. The Bertz CT molecular complexity index is 558. The van der Waals surface area contributed by atoms with Crippen molar-refractivity contribution in [2.24, 2.45) is 0 Å². The molecular formula is C22H40O5Si. The van der Waals surface area contributed by atoms with Gasteiger partial charge in [0, 0.05) is 18.8 Å². The fourth-order valence-corrected chi connectivity index (χ4v) is 3.08. The molecule has 0 N–H and O–H groups in total. The van der Waals surface area contributed by atoms with Gasteiger partial charge in [-0.2, -0.15) is 0 Å². The highest BCUT2D eigenvalue weighted by atomic mass is 28.4. The Balaban J connectivity index is 5.73. The third-order valence-electron chi connectivity index (χ3n) is 5.06. The lowest BCUT2D eigenvalue weighted by atomic mass is 10.0.